The maximum atomic E-state index is 13.3. The number of halogens is 1. The van der Waals surface area contributed by atoms with E-state index < -0.39 is 28.0 Å². The van der Waals surface area contributed by atoms with Gasteiger partial charge < -0.3 is 14.7 Å². The molecular weight excluding hydrogens is 259 g/mol. The van der Waals surface area contributed by atoms with Crippen molar-refractivity contribution in [2.75, 3.05) is 27.2 Å². The molecule has 0 aliphatic carbocycles. The van der Waals surface area contributed by atoms with Gasteiger partial charge in [0.05, 0.1) is 16.6 Å². The third-order valence-corrected chi connectivity index (χ3v) is 2.27. The molecule has 1 aromatic carbocycles. The Labute approximate surface area is 108 Å². The first-order chi connectivity index (χ1) is 8.82. The van der Waals surface area contributed by atoms with Crippen molar-refractivity contribution >= 4 is 11.7 Å². The van der Waals surface area contributed by atoms with E-state index in [2.05, 4.69) is 0 Å². The van der Waals surface area contributed by atoms with Gasteiger partial charge in [-0.05, 0) is 14.1 Å². The number of nitrogens with zero attached hydrogens (tertiary/aromatic N) is 2. The van der Waals surface area contributed by atoms with Gasteiger partial charge in [-0.2, -0.15) is 0 Å². The third kappa shape index (κ3) is 3.88. The van der Waals surface area contributed by atoms with Crippen molar-refractivity contribution in [2.45, 2.75) is 0 Å². The Bertz CT molecular complexity index is 504. The zero-order valence-electron chi connectivity index (χ0n) is 10.4. The Morgan fingerprint density at radius 1 is 1.53 bits per heavy atom. The van der Waals surface area contributed by atoms with Crippen LogP contribution in [0.4, 0.5) is 10.1 Å². The molecule has 0 unspecified atom stereocenters. The molecule has 0 atom stereocenters. The molecule has 0 radical (unpaired) electrons. The van der Waals surface area contributed by atoms with E-state index in [0.717, 1.165) is 6.07 Å². The summed E-state index contributed by atoms with van der Waals surface area (Å²) in [5.74, 6) is -2.94. The first kappa shape index (κ1) is 14.8. The van der Waals surface area contributed by atoms with Crippen LogP contribution in [0.3, 0.4) is 0 Å². The fourth-order valence-corrected chi connectivity index (χ4v) is 1.30. The van der Waals surface area contributed by atoms with Gasteiger partial charge in [-0.15, -0.1) is 0 Å². The summed E-state index contributed by atoms with van der Waals surface area (Å²) in [7, 11) is 3.57. The molecule has 1 N–H and O–H groups in total. The molecule has 0 fully saturated rings. The monoisotopic (exact) mass is 272 g/mol. The number of nitro groups is 1. The highest BCUT2D eigenvalue weighted by atomic mass is 19.1. The van der Waals surface area contributed by atoms with Crippen molar-refractivity contribution in [3.63, 3.8) is 0 Å². The van der Waals surface area contributed by atoms with Crippen LogP contribution in [0, 0.1) is 15.9 Å². The Balaban J connectivity index is 3.07. The minimum atomic E-state index is -1.51. The van der Waals surface area contributed by atoms with Gasteiger partial charge >= 0.3 is 11.7 Å². The molecule has 0 aromatic heterocycles. The molecule has 1 aromatic rings. The molecule has 0 amide bonds. The quantitative estimate of drug-likeness (QED) is 0.621. The molecule has 0 aliphatic rings. The lowest BCUT2D eigenvalue weighted by molar-refractivity contribution is -0.386. The van der Waals surface area contributed by atoms with E-state index in [1.807, 2.05) is 0 Å². The largest absolute Gasteiger partial charge is 0.485 e. The van der Waals surface area contributed by atoms with E-state index in [1.54, 1.807) is 19.0 Å². The van der Waals surface area contributed by atoms with Crippen LogP contribution in [0.2, 0.25) is 0 Å². The minimum Gasteiger partial charge on any atom is -0.485 e. The summed E-state index contributed by atoms with van der Waals surface area (Å²) in [6.45, 7) is 0.607. The average molecular weight is 272 g/mol. The number of benzene rings is 1. The average Bonchev–Trinajstić information content (AvgIpc) is 2.29. The number of aromatic carboxylic acids is 1. The lowest BCUT2D eigenvalue weighted by atomic mass is 10.2. The van der Waals surface area contributed by atoms with Crippen LogP contribution in [-0.2, 0) is 0 Å². The number of hydrogen-bond donors (Lipinski definition) is 1. The van der Waals surface area contributed by atoms with Crippen molar-refractivity contribution in [1.82, 2.24) is 4.90 Å². The van der Waals surface area contributed by atoms with Crippen LogP contribution < -0.4 is 4.74 Å². The van der Waals surface area contributed by atoms with E-state index in [9.17, 15) is 19.3 Å². The van der Waals surface area contributed by atoms with Crippen LogP contribution in [0.5, 0.6) is 5.75 Å². The van der Waals surface area contributed by atoms with Crippen LogP contribution in [0.1, 0.15) is 10.4 Å². The normalized spacial score (nSPS) is 10.5. The number of hydrogen-bond acceptors (Lipinski definition) is 5. The van der Waals surface area contributed by atoms with Crippen LogP contribution >= 0.6 is 0 Å². The molecule has 0 heterocycles. The summed E-state index contributed by atoms with van der Waals surface area (Å²) >= 11 is 0. The molecule has 19 heavy (non-hydrogen) atoms. The zero-order chi connectivity index (χ0) is 14.6. The molecule has 1 rings (SSSR count). The molecule has 0 spiro atoms. The van der Waals surface area contributed by atoms with Crippen molar-refractivity contribution in [3.8, 4) is 5.75 Å². The fraction of sp³-hybridized carbons (Fsp3) is 0.364. The highest BCUT2D eigenvalue weighted by Gasteiger charge is 2.22. The first-order valence-corrected chi connectivity index (χ1v) is 5.31. The van der Waals surface area contributed by atoms with Gasteiger partial charge in [-0.1, -0.05) is 0 Å². The summed E-state index contributed by atoms with van der Waals surface area (Å²) < 4.78 is 18.5. The smallest absolute Gasteiger partial charge is 0.338 e. The van der Waals surface area contributed by atoms with Gasteiger partial charge in [0, 0.05) is 12.6 Å². The van der Waals surface area contributed by atoms with Gasteiger partial charge in [0.15, 0.2) is 5.75 Å². The molecule has 0 bridgehead atoms. The van der Waals surface area contributed by atoms with Gasteiger partial charge in [0.1, 0.15) is 12.4 Å². The van der Waals surface area contributed by atoms with Gasteiger partial charge in [0.25, 0.3) is 0 Å². The summed E-state index contributed by atoms with van der Waals surface area (Å²) in [6.07, 6.45) is 0. The Hall–Kier alpha value is -2.22. The molecular formula is C11H13FN2O5. The highest BCUT2D eigenvalue weighted by molar-refractivity contribution is 5.89. The fourth-order valence-electron chi connectivity index (χ4n) is 1.30. The number of ether oxygens (including phenoxy) is 1. The van der Waals surface area contributed by atoms with E-state index in [4.69, 9.17) is 9.84 Å². The maximum Gasteiger partial charge on any atom is 0.338 e. The number of carboxylic acid groups (broad SMARTS) is 1. The third-order valence-electron chi connectivity index (χ3n) is 2.27. The van der Waals surface area contributed by atoms with Crippen molar-refractivity contribution < 1.29 is 24.0 Å². The van der Waals surface area contributed by atoms with Crippen molar-refractivity contribution in [1.29, 1.82) is 0 Å². The van der Waals surface area contributed by atoms with E-state index in [1.165, 1.54) is 0 Å². The van der Waals surface area contributed by atoms with Gasteiger partial charge in [-0.25, -0.2) is 9.18 Å². The standard InChI is InChI=1S/C11H13FN2O5/c1-13(2)3-4-19-10-5-7(11(15)16)8(12)6-9(10)14(17)18/h5-6H,3-4H2,1-2H3,(H,15,16). The maximum absolute atomic E-state index is 13.3. The van der Waals surface area contributed by atoms with Crippen molar-refractivity contribution in [3.05, 3.63) is 33.6 Å². The second-order valence-electron chi connectivity index (χ2n) is 4.01. The van der Waals surface area contributed by atoms with Gasteiger partial charge in [-0.3, -0.25) is 10.1 Å². The number of carboxylic acids is 1. The van der Waals surface area contributed by atoms with Gasteiger partial charge in [0.2, 0.25) is 0 Å². The lowest BCUT2D eigenvalue weighted by Gasteiger charge is -2.11. The predicted octanol–water partition coefficient (Wildman–Crippen LogP) is 1.37. The summed E-state index contributed by atoms with van der Waals surface area (Å²) in [5.41, 5.74) is -1.26. The van der Waals surface area contributed by atoms with E-state index >= 15 is 0 Å². The summed E-state index contributed by atoms with van der Waals surface area (Å²) in [4.78, 5) is 22.5. The molecule has 104 valence electrons. The highest BCUT2D eigenvalue weighted by Crippen LogP contribution is 2.30. The number of carbonyl (C=O) groups is 1. The minimum absolute atomic E-state index is 0.124. The molecule has 0 saturated heterocycles. The van der Waals surface area contributed by atoms with Crippen molar-refractivity contribution in [2.24, 2.45) is 0 Å². The Morgan fingerprint density at radius 2 is 2.16 bits per heavy atom. The number of likely N-dealkylation sites (N-methyl/N-ethyl adjacent to an activating group) is 1. The summed E-state index contributed by atoms with van der Waals surface area (Å²) in [5, 5.41) is 19.5. The van der Waals surface area contributed by atoms with Crippen LogP contribution in [0.25, 0.3) is 0 Å². The second kappa shape index (κ2) is 6.10. The molecule has 0 aliphatic heterocycles. The molecule has 7 nitrogen and oxygen atoms in total. The Morgan fingerprint density at radius 3 is 2.63 bits per heavy atom. The molecule has 8 heteroatoms. The SMILES string of the molecule is CN(C)CCOc1cc(C(=O)O)c(F)cc1[N+](=O)[O-]. The topological polar surface area (TPSA) is 92.9 Å². The lowest BCUT2D eigenvalue weighted by Crippen LogP contribution is -2.20. The first-order valence-electron chi connectivity index (χ1n) is 5.31. The second-order valence-corrected chi connectivity index (χ2v) is 4.01. The number of nitro benzene ring substituents is 1. The zero-order valence-corrected chi connectivity index (χ0v) is 10.4. The predicted molar refractivity (Wildman–Crippen MR) is 64.1 cm³/mol. The van der Waals surface area contributed by atoms with E-state index in [-0.39, 0.29) is 12.4 Å². The van der Waals surface area contributed by atoms with Crippen LogP contribution in [-0.4, -0.2) is 48.1 Å². The Kier molecular flexibility index (Phi) is 4.76. The molecule has 0 saturated carbocycles. The summed E-state index contributed by atoms with van der Waals surface area (Å²) in [6, 6.07) is 1.37. The number of rotatable bonds is 6. The van der Waals surface area contributed by atoms with Crippen LogP contribution in [0.15, 0.2) is 12.1 Å². The van der Waals surface area contributed by atoms with E-state index in [0.29, 0.717) is 12.6 Å².